The molecule has 18 heavy (non-hydrogen) atoms. The zero-order valence-electron chi connectivity index (χ0n) is 10.3. The first-order valence-electron chi connectivity index (χ1n) is 5.28. The Morgan fingerprint density at radius 1 is 1.56 bits per heavy atom. The van der Waals surface area contributed by atoms with Gasteiger partial charge in [-0.15, -0.1) is 6.58 Å². The number of carbonyl (C=O) groups is 2. The third-order valence-electron chi connectivity index (χ3n) is 2.07. The molecule has 1 heterocycles. The summed E-state index contributed by atoms with van der Waals surface area (Å²) >= 11 is 1.18. The molecule has 0 aliphatic carbocycles. The molecule has 1 aromatic heterocycles. The van der Waals surface area contributed by atoms with Crippen molar-refractivity contribution in [3.05, 3.63) is 23.9 Å². The fourth-order valence-electron chi connectivity index (χ4n) is 1.22. The number of esters is 1. The fraction of sp³-hybridized carbons (Fsp3) is 0.364. The van der Waals surface area contributed by atoms with Gasteiger partial charge in [-0.1, -0.05) is 6.08 Å². The second-order valence-electron chi connectivity index (χ2n) is 3.39. The number of ether oxygens (including phenoxy) is 1. The van der Waals surface area contributed by atoms with Gasteiger partial charge in [0.25, 0.3) is 5.91 Å². The van der Waals surface area contributed by atoms with Crippen molar-refractivity contribution >= 4 is 28.4 Å². The Morgan fingerprint density at radius 2 is 2.28 bits per heavy atom. The number of carbonyl (C=O) groups excluding carboxylic acids is 2. The van der Waals surface area contributed by atoms with Crippen molar-refractivity contribution < 1.29 is 14.3 Å². The van der Waals surface area contributed by atoms with Gasteiger partial charge in [0.1, 0.15) is 10.6 Å². The predicted molar refractivity (Wildman–Crippen MR) is 69.9 cm³/mol. The quantitative estimate of drug-likeness (QED) is 0.593. The van der Waals surface area contributed by atoms with E-state index < -0.39 is 5.97 Å². The third-order valence-corrected chi connectivity index (χ3v) is 3.03. The second kappa shape index (κ2) is 6.75. The van der Waals surface area contributed by atoms with Crippen LogP contribution in [0.25, 0.3) is 0 Å². The Hall–Kier alpha value is -1.89. The number of hydrogen-bond donors (Lipinski definition) is 2. The SMILES string of the molecule is C=CCNC(=O)COC(=O)c1c(C)nsc1NC. The van der Waals surface area contributed by atoms with Crippen molar-refractivity contribution in [3.63, 3.8) is 0 Å². The number of nitrogens with zero attached hydrogens (tertiary/aromatic N) is 1. The van der Waals surface area contributed by atoms with Crippen molar-refractivity contribution in [2.75, 3.05) is 25.5 Å². The van der Waals surface area contributed by atoms with Gasteiger partial charge < -0.3 is 15.4 Å². The molecule has 0 aliphatic heterocycles. The standard InChI is InChI=1S/C11H15N3O3S/c1-4-5-13-8(15)6-17-11(16)9-7(2)14-18-10(9)12-3/h4,12H,1,5-6H2,2-3H3,(H,13,15). The minimum Gasteiger partial charge on any atom is -0.452 e. The number of amides is 1. The molecule has 98 valence electrons. The molecule has 2 N–H and O–H groups in total. The minimum atomic E-state index is -0.556. The maximum Gasteiger partial charge on any atom is 0.343 e. The van der Waals surface area contributed by atoms with Crippen LogP contribution in [0.5, 0.6) is 0 Å². The van der Waals surface area contributed by atoms with Crippen LogP contribution in [0.15, 0.2) is 12.7 Å². The maximum atomic E-state index is 11.8. The average Bonchev–Trinajstić information content (AvgIpc) is 2.74. The van der Waals surface area contributed by atoms with Gasteiger partial charge in [-0.05, 0) is 18.5 Å². The highest BCUT2D eigenvalue weighted by Gasteiger charge is 2.19. The van der Waals surface area contributed by atoms with Crippen molar-refractivity contribution in [1.82, 2.24) is 9.69 Å². The molecule has 0 unspecified atom stereocenters. The summed E-state index contributed by atoms with van der Waals surface area (Å²) in [6.45, 7) is 5.21. The Balaban J connectivity index is 2.57. The lowest BCUT2D eigenvalue weighted by molar-refractivity contribution is -0.124. The summed E-state index contributed by atoms with van der Waals surface area (Å²) in [6, 6.07) is 0. The molecule has 0 aliphatic rings. The molecule has 0 radical (unpaired) electrons. The molecule has 1 rings (SSSR count). The van der Waals surface area contributed by atoms with Crippen LogP contribution in [0.2, 0.25) is 0 Å². The summed E-state index contributed by atoms with van der Waals surface area (Å²) in [7, 11) is 1.69. The van der Waals surface area contributed by atoms with E-state index in [1.54, 1.807) is 20.0 Å². The van der Waals surface area contributed by atoms with Crippen molar-refractivity contribution in [2.24, 2.45) is 0 Å². The number of aromatic nitrogens is 1. The molecule has 0 bridgehead atoms. The lowest BCUT2D eigenvalue weighted by atomic mass is 10.2. The highest BCUT2D eigenvalue weighted by Crippen LogP contribution is 2.24. The van der Waals surface area contributed by atoms with E-state index in [4.69, 9.17) is 4.74 Å². The average molecular weight is 269 g/mol. The topological polar surface area (TPSA) is 80.3 Å². The van der Waals surface area contributed by atoms with Crippen LogP contribution in [0, 0.1) is 6.92 Å². The molecule has 0 aromatic carbocycles. The van der Waals surface area contributed by atoms with Crippen LogP contribution in [-0.4, -0.2) is 36.4 Å². The molecule has 0 atom stereocenters. The summed E-state index contributed by atoms with van der Waals surface area (Å²) in [5.41, 5.74) is 0.958. The molecular formula is C11H15N3O3S. The molecule has 7 heteroatoms. The molecule has 0 spiro atoms. The van der Waals surface area contributed by atoms with Gasteiger partial charge in [0, 0.05) is 13.6 Å². The van der Waals surface area contributed by atoms with Crippen LogP contribution < -0.4 is 10.6 Å². The Bertz CT molecular complexity index is 456. The van der Waals surface area contributed by atoms with Crippen LogP contribution in [0.1, 0.15) is 16.1 Å². The molecule has 0 fully saturated rings. The molecule has 6 nitrogen and oxygen atoms in total. The maximum absolute atomic E-state index is 11.8. The van der Waals surface area contributed by atoms with Crippen molar-refractivity contribution in [2.45, 2.75) is 6.92 Å². The minimum absolute atomic E-state index is 0.314. The Kier molecular flexibility index (Phi) is 5.31. The first-order chi connectivity index (χ1) is 8.60. The Labute approximate surface area is 109 Å². The molecule has 0 saturated carbocycles. The molecular weight excluding hydrogens is 254 g/mol. The van der Waals surface area contributed by atoms with Gasteiger partial charge in [-0.3, -0.25) is 4.79 Å². The summed E-state index contributed by atoms with van der Waals surface area (Å²) < 4.78 is 8.96. The number of aryl methyl sites for hydroxylation is 1. The molecule has 1 aromatic rings. The largest absolute Gasteiger partial charge is 0.452 e. The van der Waals surface area contributed by atoms with Crippen molar-refractivity contribution in [3.8, 4) is 0 Å². The number of hydrogen-bond acceptors (Lipinski definition) is 6. The van der Waals surface area contributed by atoms with E-state index in [1.807, 2.05) is 0 Å². The molecule has 1 amide bonds. The first kappa shape index (κ1) is 14.2. The molecule has 0 saturated heterocycles. The van der Waals surface area contributed by atoms with Crippen LogP contribution in [-0.2, 0) is 9.53 Å². The van der Waals surface area contributed by atoms with Gasteiger partial charge in [-0.2, -0.15) is 4.37 Å². The zero-order valence-corrected chi connectivity index (χ0v) is 11.1. The number of anilines is 1. The van der Waals surface area contributed by atoms with E-state index in [0.29, 0.717) is 22.8 Å². The van der Waals surface area contributed by atoms with Crippen molar-refractivity contribution in [1.29, 1.82) is 0 Å². The monoisotopic (exact) mass is 269 g/mol. The summed E-state index contributed by atoms with van der Waals surface area (Å²) in [5.74, 6) is -0.922. The second-order valence-corrected chi connectivity index (χ2v) is 4.16. The normalized spacial score (nSPS) is 9.67. The first-order valence-corrected chi connectivity index (χ1v) is 6.06. The van der Waals surface area contributed by atoms with Gasteiger partial charge >= 0.3 is 5.97 Å². The van der Waals surface area contributed by atoms with Crippen LogP contribution >= 0.6 is 11.5 Å². The van der Waals surface area contributed by atoms with E-state index in [2.05, 4.69) is 21.6 Å². The van der Waals surface area contributed by atoms with Gasteiger partial charge in [-0.25, -0.2) is 4.79 Å². The summed E-state index contributed by atoms with van der Waals surface area (Å²) in [4.78, 5) is 23.0. The fourth-order valence-corrected chi connectivity index (χ4v) is 1.95. The smallest absolute Gasteiger partial charge is 0.343 e. The van der Waals surface area contributed by atoms with Gasteiger partial charge in [0.05, 0.1) is 5.69 Å². The van der Waals surface area contributed by atoms with E-state index in [9.17, 15) is 9.59 Å². The summed E-state index contributed by atoms with van der Waals surface area (Å²) in [5, 5.41) is 6.00. The highest BCUT2D eigenvalue weighted by atomic mass is 32.1. The van der Waals surface area contributed by atoms with E-state index in [-0.39, 0.29) is 12.5 Å². The zero-order chi connectivity index (χ0) is 13.5. The predicted octanol–water partition coefficient (Wildman–Crippen LogP) is 0.952. The van der Waals surface area contributed by atoms with Gasteiger partial charge in [0.2, 0.25) is 0 Å². The Morgan fingerprint density at radius 3 is 2.89 bits per heavy atom. The van der Waals surface area contributed by atoms with E-state index in [0.717, 1.165) is 0 Å². The number of rotatable bonds is 6. The number of nitrogens with one attached hydrogen (secondary N) is 2. The van der Waals surface area contributed by atoms with E-state index in [1.165, 1.54) is 11.5 Å². The van der Waals surface area contributed by atoms with Crippen LogP contribution in [0.4, 0.5) is 5.00 Å². The lowest BCUT2D eigenvalue weighted by Gasteiger charge is -2.05. The van der Waals surface area contributed by atoms with Gasteiger partial charge in [0.15, 0.2) is 6.61 Å². The van der Waals surface area contributed by atoms with E-state index >= 15 is 0 Å². The third kappa shape index (κ3) is 3.56. The highest BCUT2D eigenvalue weighted by molar-refractivity contribution is 7.10. The lowest BCUT2D eigenvalue weighted by Crippen LogP contribution is -2.28. The van der Waals surface area contributed by atoms with Crippen LogP contribution in [0.3, 0.4) is 0 Å². The summed E-state index contributed by atoms with van der Waals surface area (Å²) in [6.07, 6.45) is 1.55.